The normalized spacial score (nSPS) is 14.8. The lowest BCUT2D eigenvalue weighted by Gasteiger charge is -2.22. The predicted octanol–water partition coefficient (Wildman–Crippen LogP) is 4.91. The molecular formula is C23H19ClN4O6. The fourth-order valence-electron chi connectivity index (χ4n) is 3.43. The maximum absolute atomic E-state index is 10.9. The Balaban J connectivity index is 1.14. The average molecular weight is 483 g/mol. The molecule has 0 N–H and O–H groups in total. The number of imidazole rings is 1. The van der Waals surface area contributed by atoms with Crippen molar-refractivity contribution in [1.82, 2.24) is 14.5 Å². The summed E-state index contributed by atoms with van der Waals surface area (Å²) in [5.41, 5.74) is 1.56. The van der Waals surface area contributed by atoms with Crippen molar-refractivity contribution in [3.63, 3.8) is 0 Å². The predicted molar refractivity (Wildman–Crippen MR) is 121 cm³/mol. The summed E-state index contributed by atoms with van der Waals surface area (Å²) in [5, 5.41) is 11.5. The van der Waals surface area contributed by atoms with Crippen LogP contribution in [0.5, 0.6) is 17.5 Å². The first-order valence-electron chi connectivity index (χ1n) is 10.5. The molecule has 3 heterocycles. The molecule has 0 spiro atoms. The highest BCUT2D eigenvalue weighted by molar-refractivity contribution is 6.30. The van der Waals surface area contributed by atoms with Crippen LogP contribution in [0.25, 0.3) is 11.3 Å². The van der Waals surface area contributed by atoms with Gasteiger partial charge in [-0.3, -0.25) is 4.57 Å². The lowest BCUT2D eigenvalue weighted by atomic mass is 10.1. The van der Waals surface area contributed by atoms with Gasteiger partial charge in [0.25, 0.3) is 0 Å². The summed E-state index contributed by atoms with van der Waals surface area (Å²) >= 11 is 5.87. The third-order valence-corrected chi connectivity index (χ3v) is 5.44. The molecule has 0 saturated heterocycles. The number of fused-ring (bicyclic) bond motifs is 1. The van der Waals surface area contributed by atoms with E-state index in [-0.39, 0.29) is 24.5 Å². The zero-order valence-corrected chi connectivity index (χ0v) is 18.6. The van der Waals surface area contributed by atoms with Gasteiger partial charge in [-0.25, -0.2) is 4.98 Å². The van der Waals surface area contributed by atoms with Crippen LogP contribution in [0.2, 0.25) is 5.02 Å². The van der Waals surface area contributed by atoms with E-state index in [1.165, 1.54) is 6.20 Å². The molecule has 1 atom stereocenters. The van der Waals surface area contributed by atoms with Crippen molar-refractivity contribution in [3.8, 4) is 28.8 Å². The fourth-order valence-corrected chi connectivity index (χ4v) is 3.56. The van der Waals surface area contributed by atoms with Crippen LogP contribution < -0.4 is 14.2 Å². The van der Waals surface area contributed by atoms with Gasteiger partial charge in [-0.05, 0) is 53.5 Å². The van der Waals surface area contributed by atoms with Gasteiger partial charge < -0.3 is 28.7 Å². The van der Waals surface area contributed by atoms with E-state index < -0.39 is 4.92 Å². The highest BCUT2D eigenvalue weighted by atomic mass is 35.5. The molecule has 0 saturated carbocycles. The molecule has 11 heteroatoms. The zero-order chi connectivity index (χ0) is 23.5. The van der Waals surface area contributed by atoms with Crippen LogP contribution in [0.4, 0.5) is 5.82 Å². The van der Waals surface area contributed by atoms with E-state index in [2.05, 4.69) is 9.97 Å². The average Bonchev–Trinajstić information content (AvgIpc) is 3.50. The van der Waals surface area contributed by atoms with Gasteiger partial charge in [-0.1, -0.05) is 11.6 Å². The maximum atomic E-state index is 10.9. The number of nitro groups is 1. The van der Waals surface area contributed by atoms with Gasteiger partial charge in [0.15, 0.2) is 6.61 Å². The van der Waals surface area contributed by atoms with Crippen molar-refractivity contribution >= 4 is 17.4 Å². The number of ether oxygens (including phenoxy) is 3. The Morgan fingerprint density at radius 1 is 1.09 bits per heavy atom. The molecule has 0 radical (unpaired) electrons. The Labute approximate surface area is 198 Å². The number of hydrogen-bond donors (Lipinski definition) is 0. The molecule has 0 bridgehead atoms. The van der Waals surface area contributed by atoms with Crippen LogP contribution in [0.15, 0.2) is 65.4 Å². The van der Waals surface area contributed by atoms with Gasteiger partial charge in [-0.2, -0.15) is 0 Å². The van der Waals surface area contributed by atoms with Crippen LogP contribution in [-0.4, -0.2) is 32.2 Å². The monoisotopic (exact) mass is 482 g/mol. The third kappa shape index (κ3) is 4.96. The molecule has 10 nitrogen and oxygen atoms in total. The van der Waals surface area contributed by atoms with Gasteiger partial charge in [0.1, 0.15) is 42.4 Å². The number of halogens is 1. The Morgan fingerprint density at radius 2 is 1.82 bits per heavy atom. The smallest absolute Gasteiger partial charge is 0.414 e. The second-order valence-corrected chi connectivity index (χ2v) is 8.00. The topological polar surface area (TPSA) is 115 Å². The van der Waals surface area contributed by atoms with E-state index in [1.54, 1.807) is 35.1 Å². The molecule has 34 heavy (non-hydrogen) atoms. The van der Waals surface area contributed by atoms with Gasteiger partial charge >= 0.3 is 11.8 Å². The van der Waals surface area contributed by atoms with E-state index >= 15 is 0 Å². The largest absolute Gasteiger partial charge is 0.490 e. The van der Waals surface area contributed by atoms with Crippen LogP contribution >= 0.6 is 11.6 Å². The van der Waals surface area contributed by atoms with E-state index in [0.29, 0.717) is 47.7 Å². The summed E-state index contributed by atoms with van der Waals surface area (Å²) in [5.74, 6) is 1.58. The van der Waals surface area contributed by atoms with Crippen LogP contribution in [0, 0.1) is 10.1 Å². The van der Waals surface area contributed by atoms with Crippen molar-refractivity contribution in [2.45, 2.75) is 25.7 Å². The number of rotatable bonds is 8. The minimum Gasteiger partial charge on any atom is -0.490 e. The van der Waals surface area contributed by atoms with E-state index in [1.807, 2.05) is 24.3 Å². The van der Waals surface area contributed by atoms with Crippen LogP contribution in [0.1, 0.15) is 12.3 Å². The van der Waals surface area contributed by atoms with Crippen molar-refractivity contribution in [1.29, 1.82) is 0 Å². The number of oxazole rings is 1. The Kier molecular flexibility index (Phi) is 6.05. The van der Waals surface area contributed by atoms with E-state index in [4.69, 9.17) is 30.2 Å². The van der Waals surface area contributed by atoms with Gasteiger partial charge in [-0.15, -0.1) is 0 Å². The summed E-state index contributed by atoms with van der Waals surface area (Å²) < 4.78 is 24.4. The fraction of sp³-hybridized carbons (Fsp3) is 0.217. The molecule has 2 aromatic heterocycles. The highest BCUT2D eigenvalue weighted by Gasteiger charge is 2.28. The van der Waals surface area contributed by atoms with E-state index in [9.17, 15) is 10.1 Å². The van der Waals surface area contributed by atoms with Crippen molar-refractivity contribution in [3.05, 3.63) is 82.0 Å². The number of aryl methyl sites for hydroxylation is 1. The molecular weight excluding hydrogens is 464 g/mol. The second-order valence-electron chi connectivity index (χ2n) is 7.57. The van der Waals surface area contributed by atoms with Crippen LogP contribution in [0.3, 0.4) is 0 Å². The van der Waals surface area contributed by atoms with Gasteiger partial charge in [0.05, 0.1) is 0 Å². The molecule has 174 valence electrons. The molecule has 1 aliphatic heterocycles. The summed E-state index contributed by atoms with van der Waals surface area (Å²) in [6, 6.07) is 14.7. The minimum atomic E-state index is -0.535. The minimum absolute atomic E-state index is 0.200. The SMILES string of the molecule is O=[N+]([O-])c1cn2c(n1)O[C@@H](COc1ccc(-c3coc(COc4ccc(Cl)cc4)n3)cc1)CC2. The van der Waals surface area contributed by atoms with Crippen molar-refractivity contribution in [2.75, 3.05) is 6.61 Å². The summed E-state index contributed by atoms with van der Waals surface area (Å²) in [7, 11) is 0. The van der Waals surface area contributed by atoms with Crippen LogP contribution in [-0.2, 0) is 13.2 Å². The lowest BCUT2D eigenvalue weighted by Crippen LogP contribution is -2.31. The number of nitrogens with zero attached hydrogens (tertiary/aromatic N) is 4. The van der Waals surface area contributed by atoms with E-state index in [0.717, 1.165) is 5.56 Å². The van der Waals surface area contributed by atoms with Gasteiger partial charge in [0.2, 0.25) is 5.89 Å². The lowest BCUT2D eigenvalue weighted by molar-refractivity contribution is -0.389. The quantitative estimate of drug-likeness (QED) is 0.257. The zero-order valence-electron chi connectivity index (χ0n) is 17.8. The van der Waals surface area contributed by atoms with Crippen molar-refractivity contribution < 1.29 is 23.6 Å². The molecule has 0 unspecified atom stereocenters. The Morgan fingerprint density at radius 3 is 2.59 bits per heavy atom. The van der Waals surface area contributed by atoms with Gasteiger partial charge in [0, 0.05) is 28.5 Å². The molecule has 5 rings (SSSR count). The summed E-state index contributed by atoms with van der Waals surface area (Å²) in [6.45, 7) is 1.08. The maximum Gasteiger partial charge on any atom is 0.414 e. The Bertz CT molecular complexity index is 1290. The standard InChI is InChI=1S/C23H19ClN4O6/c24-16-3-7-18(8-4-16)32-14-22-25-20(13-33-22)15-1-5-17(6-2-15)31-12-19-9-10-27-11-21(28(29)30)26-23(27)34-19/h1-8,11,13,19H,9-10,12,14H2/t19-/m1/s1. The third-order valence-electron chi connectivity index (χ3n) is 5.19. The highest BCUT2D eigenvalue weighted by Crippen LogP contribution is 2.26. The summed E-state index contributed by atoms with van der Waals surface area (Å²) in [4.78, 5) is 18.7. The first kappa shape index (κ1) is 21.8. The molecule has 2 aromatic carbocycles. The first-order chi connectivity index (χ1) is 16.5. The second kappa shape index (κ2) is 9.44. The number of benzene rings is 2. The molecule has 4 aromatic rings. The molecule has 0 aliphatic carbocycles. The summed E-state index contributed by atoms with van der Waals surface area (Å²) in [6.07, 6.45) is 3.38. The molecule has 0 fully saturated rings. The number of hydrogen-bond acceptors (Lipinski definition) is 8. The number of aromatic nitrogens is 3. The molecule has 1 aliphatic rings. The Hall–Kier alpha value is -4.05. The van der Waals surface area contributed by atoms with Crippen molar-refractivity contribution in [2.24, 2.45) is 0 Å². The first-order valence-corrected chi connectivity index (χ1v) is 10.9. The molecule has 0 amide bonds.